The summed E-state index contributed by atoms with van der Waals surface area (Å²) < 4.78 is 31.1. The molecule has 1 atom stereocenters. The molecule has 0 saturated carbocycles. The summed E-state index contributed by atoms with van der Waals surface area (Å²) in [5.74, 6) is -0.257. The molecule has 20 heavy (non-hydrogen) atoms. The van der Waals surface area contributed by atoms with Gasteiger partial charge in [-0.3, -0.25) is 0 Å². The maximum Gasteiger partial charge on any atom is 1.00 e. The van der Waals surface area contributed by atoms with Gasteiger partial charge in [0.2, 0.25) is 0 Å². The van der Waals surface area contributed by atoms with Crippen LogP contribution >= 0.6 is 0 Å². The fourth-order valence-electron chi connectivity index (χ4n) is 2.14. The predicted molar refractivity (Wildman–Crippen MR) is 77.0 cm³/mol. The monoisotopic (exact) mass is 332 g/mol. The molecule has 0 rings (SSSR count). The van der Waals surface area contributed by atoms with Crippen LogP contribution in [0.3, 0.4) is 0 Å². The van der Waals surface area contributed by atoms with Crippen LogP contribution in [-0.2, 0) is 10.1 Å². The van der Waals surface area contributed by atoms with Gasteiger partial charge in [0.15, 0.2) is 0 Å². The Hall–Kier alpha value is 1.51. The van der Waals surface area contributed by atoms with E-state index in [0.29, 0.717) is 6.42 Å². The summed E-state index contributed by atoms with van der Waals surface area (Å²) in [6.07, 6.45) is 10.5. The van der Waals surface area contributed by atoms with Crippen molar-refractivity contribution in [2.24, 2.45) is 0 Å². The molecule has 1 N–H and O–H groups in total. The molecule has 0 radical (unpaired) electrons. The van der Waals surface area contributed by atoms with Crippen molar-refractivity contribution < 1.29 is 69.5 Å². The van der Waals surface area contributed by atoms with Crippen LogP contribution in [0.2, 0.25) is 0 Å². The molecule has 0 aromatic carbocycles. The quantitative estimate of drug-likeness (QED) is 0.297. The Morgan fingerprint density at radius 1 is 0.900 bits per heavy atom. The van der Waals surface area contributed by atoms with Crippen LogP contribution in [0.4, 0.5) is 0 Å². The van der Waals surface area contributed by atoms with Crippen LogP contribution < -0.4 is 51.4 Å². The first-order valence-corrected chi connectivity index (χ1v) is 9.15. The Labute approximate surface area is 167 Å². The van der Waals surface area contributed by atoms with Crippen molar-refractivity contribution in [2.45, 2.75) is 83.7 Å². The van der Waals surface area contributed by atoms with Gasteiger partial charge >= 0.3 is 51.4 Å². The molecule has 6 heteroatoms. The summed E-state index contributed by atoms with van der Waals surface area (Å²) in [7, 11) is -4.05. The minimum absolute atomic E-state index is 0. The molecule has 0 aliphatic rings. The second kappa shape index (κ2) is 15.4. The summed E-state index contributed by atoms with van der Waals surface area (Å²) in [5, 5.41) is 9.75. The second-order valence-electron chi connectivity index (χ2n) is 5.32. The van der Waals surface area contributed by atoms with Gasteiger partial charge in [-0.25, -0.2) is 8.42 Å². The van der Waals surface area contributed by atoms with Gasteiger partial charge in [-0.1, -0.05) is 58.3 Å². The van der Waals surface area contributed by atoms with Crippen LogP contribution in [0.5, 0.6) is 0 Å². The van der Waals surface area contributed by atoms with Crippen molar-refractivity contribution >= 4 is 10.1 Å². The Morgan fingerprint density at radius 3 is 1.80 bits per heavy atom. The molecule has 116 valence electrons. The molecule has 0 aromatic heterocycles. The topological polar surface area (TPSA) is 77.4 Å². The van der Waals surface area contributed by atoms with E-state index in [1.54, 1.807) is 0 Å². The maximum atomic E-state index is 10.4. The van der Waals surface area contributed by atoms with Gasteiger partial charge in [-0.2, -0.15) is 0 Å². The number of rotatable bonds is 13. The summed E-state index contributed by atoms with van der Waals surface area (Å²) in [6, 6.07) is 0. The largest absolute Gasteiger partial charge is 1.00 e. The van der Waals surface area contributed by atoms with Crippen molar-refractivity contribution in [1.82, 2.24) is 0 Å². The van der Waals surface area contributed by atoms with Gasteiger partial charge in [0.1, 0.15) is 0 Å². The predicted octanol–water partition coefficient (Wildman–Crippen LogP) is 0.208. The smallest absolute Gasteiger partial charge is 0.748 e. The van der Waals surface area contributed by atoms with Crippen molar-refractivity contribution in [3.8, 4) is 0 Å². The molecular weight excluding hydrogens is 303 g/mol. The van der Waals surface area contributed by atoms with E-state index in [1.165, 1.54) is 25.7 Å². The van der Waals surface area contributed by atoms with Gasteiger partial charge in [-0.15, -0.1) is 0 Å². The standard InChI is InChI=1S/C14H30O4S.K/c1-2-3-4-5-8-11-14(15)12-9-6-7-10-13-19(16,17)18;/h14-15H,2-13H2,1H3,(H,16,17,18);/q;+1/p-1. The fourth-order valence-corrected chi connectivity index (χ4v) is 2.70. The van der Waals surface area contributed by atoms with Crippen molar-refractivity contribution in [3.63, 3.8) is 0 Å². The molecule has 0 spiro atoms. The SMILES string of the molecule is CCCCCCCC(O)CCCCCCS(=O)(=O)[O-].[K+]. The van der Waals surface area contributed by atoms with Gasteiger partial charge in [0, 0.05) is 5.75 Å². The molecule has 0 bridgehead atoms. The number of unbranched alkanes of at least 4 members (excludes halogenated alkanes) is 7. The number of hydrogen-bond donors (Lipinski definition) is 1. The minimum Gasteiger partial charge on any atom is -0.748 e. The van der Waals surface area contributed by atoms with Gasteiger partial charge in [0.25, 0.3) is 0 Å². The Bertz CT molecular complexity index is 294. The first kappa shape index (κ1) is 23.8. The Morgan fingerprint density at radius 2 is 1.35 bits per heavy atom. The van der Waals surface area contributed by atoms with Crippen molar-refractivity contribution in [3.05, 3.63) is 0 Å². The third kappa shape index (κ3) is 19.5. The fraction of sp³-hybridized carbons (Fsp3) is 1.00. The van der Waals surface area contributed by atoms with E-state index in [9.17, 15) is 18.1 Å². The van der Waals surface area contributed by atoms with Gasteiger partial charge < -0.3 is 9.66 Å². The van der Waals surface area contributed by atoms with Crippen LogP contribution in [0.15, 0.2) is 0 Å². The normalized spacial score (nSPS) is 12.9. The molecule has 0 heterocycles. The zero-order chi connectivity index (χ0) is 14.6. The van der Waals surface area contributed by atoms with Gasteiger partial charge in [0.05, 0.1) is 16.2 Å². The summed E-state index contributed by atoms with van der Waals surface area (Å²) in [5.41, 5.74) is 0. The third-order valence-corrected chi connectivity index (χ3v) is 4.11. The molecule has 4 nitrogen and oxygen atoms in total. The average molecular weight is 333 g/mol. The molecule has 0 aliphatic heterocycles. The Kier molecular flexibility index (Phi) is 18.3. The van der Waals surface area contributed by atoms with Crippen LogP contribution in [0, 0.1) is 0 Å². The molecule has 0 aromatic rings. The molecule has 1 unspecified atom stereocenters. The van der Waals surface area contributed by atoms with E-state index in [0.717, 1.165) is 38.5 Å². The molecular formula is C14H29KO4S. The van der Waals surface area contributed by atoms with E-state index in [4.69, 9.17) is 0 Å². The third-order valence-electron chi connectivity index (χ3n) is 3.32. The first-order valence-electron chi connectivity index (χ1n) is 7.57. The zero-order valence-electron chi connectivity index (χ0n) is 13.1. The average Bonchev–Trinajstić information content (AvgIpc) is 2.32. The van der Waals surface area contributed by atoms with E-state index in [1.807, 2.05) is 0 Å². The molecule has 0 saturated heterocycles. The van der Waals surface area contributed by atoms with Crippen molar-refractivity contribution in [1.29, 1.82) is 0 Å². The van der Waals surface area contributed by atoms with E-state index in [2.05, 4.69) is 6.92 Å². The summed E-state index contributed by atoms with van der Waals surface area (Å²) >= 11 is 0. The summed E-state index contributed by atoms with van der Waals surface area (Å²) in [6.45, 7) is 2.19. The molecule has 0 amide bonds. The Balaban J connectivity index is 0. The zero-order valence-corrected chi connectivity index (χ0v) is 17.1. The molecule has 0 fully saturated rings. The minimum atomic E-state index is -4.05. The van der Waals surface area contributed by atoms with Crippen LogP contribution in [-0.4, -0.2) is 29.9 Å². The van der Waals surface area contributed by atoms with Crippen LogP contribution in [0.1, 0.15) is 77.6 Å². The number of aliphatic hydroxyl groups is 1. The van der Waals surface area contributed by atoms with Crippen molar-refractivity contribution in [2.75, 3.05) is 5.75 Å². The van der Waals surface area contributed by atoms with Gasteiger partial charge in [-0.05, 0) is 19.3 Å². The number of hydrogen-bond acceptors (Lipinski definition) is 4. The van der Waals surface area contributed by atoms with E-state index >= 15 is 0 Å². The summed E-state index contributed by atoms with van der Waals surface area (Å²) in [4.78, 5) is 0. The van der Waals surface area contributed by atoms with E-state index in [-0.39, 0.29) is 63.2 Å². The molecule has 0 aliphatic carbocycles. The first-order chi connectivity index (χ1) is 8.95. The van der Waals surface area contributed by atoms with E-state index < -0.39 is 10.1 Å². The second-order valence-corrected chi connectivity index (χ2v) is 6.85. The maximum absolute atomic E-state index is 10.4. The number of aliphatic hydroxyl groups excluding tert-OH is 1. The van der Waals surface area contributed by atoms with Crippen LogP contribution in [0.25, 0.3) is 0 Å².